The topological polar surface area (TPSA) is 29.5 Å². The van der Waals surface area contributed by atoms with E-state index >= 15 is 0 Å². The molecule has 0 atom stereocenters. The molecule has 0 aliphatic heterocycles. The summed E-state index contributed by atoms with van der Waals surface area (Å²) in [6.07, 6.45) is 0. The molecule has 2 aromatic carbocycles. The number of phenols is 1. The fourth-order valence-corrected chi connectivity index (χ4v) is 2.03. The van der Waals surface area contributed by atoms with Crippen molar-refractivity contribution < 1.29 is 9.84 Å². The number of benzene rings is 2. The van der Waals surface area contributed by atoms with Crippen molar-refractivity contribution in [1.29, 1.82) is 0 Å². The molecular formula is C15H15BrO2. The molecule has 0 saturated heterocycles. The van der Waals surface area contributed by atoms with Gasteiger partial charge in [0, 0.05) is 4.47 Å². The summed E-state index contributed by atoms with van der Waals surface area (Å²) in [6.45, 7) is 4.53. The summed E-state index contributed by atoms with van der Waals surface area (Å²) in [7, 11) is 0. The number of phenolic OH excluding ortho intramolecular Hbond substituents is 1. The zero-order valence-corrected chi connectivity index (χ0v) is 12.0. The van der Waals surface area contributed by atoms with Crippen LogP contribution in [0.25, 0.3) is 0 Å². The van der Waals surface area contributed by atoms with Gasteiger partial charge in [0.25, 0.3) is 0 Å². The largest absolute Gasteiger partial charge is 0.508 e. The molecule has 2 aromatic rings. The smallest absolute Gasteiger partial charge is 0.120 e. The van der Waals surface area contributed by atoms with Crippen molar-refractivity contribution in [3.8, 4) is 11.5 Å². The number of hydrogen-bond donors (Lipinski definition) is 1. The van der Waals surface area contributed by atoms with Crippen LogP contribution in [0.15, 0.2) is 40.9 Å². The van der Waals surface area contributed by atoms with Crippen molar-refractivity contribution in [2.45, 2.75) is 20.5 Å². The van der Waals surface area contributed by atoms with Crippen LogP contribution in [0.5, 0.6) is 11.5 Å². The summed E-state index contributed by atoms with van der Waals surface area (Å²) in [5.74, 6) is 1.11. The van der Waals surface area contributed by atoms with E-state index in [1.165, 1.54) is 0 Å². The zero-order chi connectivity index (χ0) is 13.1. The van der Waals surface area contributed by atoms with Gasteiger partial charge in [-0.1, -0.05) is 28.1 Å². The molecular weight excluding hydrogens is 292 g/mol. The minimum atomic E-state index is 0.263. The molecule has 0 radical (unpaired) electrons. The molecule has 0 bridgehead atoms. The monoisotopic (exact) mass is 306 g/mol. The van der Waals surface area contributed by atoms with Crippen LogP contribution in [0, 0.1) is 13.8 Å². The van der Waals surface area contributed by atoms with Crippen LogP contribution in [-0.4, -0.2) is 5.11 Å². The molecule has 94 valence electrons. The van der Waals surface area contributed by atoms with Gasteiger partial charge in [0.05, 0.1) is 0 Å². The van der Waals surface area contributed by atoms with Gasteiger partial charge >= 0.3 is 0 Å². The van der Waals surface area contributed by atoms with Crippen molar-refractivity contribution >= 4 is 15.9 Å². The second-order valence-electron chi connectivity index (χ2n) is 4.33. The molecule has 0 amide bonds. The predicted molar refractivity (Wildman–Crippen MR) is 76.1 cm³/mol. The van der Waals surface area contributed by atoms with Gasteiger partial charge in [0.2, 0.25) is 0 Å². The van der Waals surface area contributed by atoms with Crippen LogP contribution in [0.1, 0.15) is 16.7 Å². The number of ether oxygens (including phenoxy) is 1. The van der Waals surface area contributed by atoms with Gasteiger partial charge in [-0.05, 0) is 54.8 Å². The van der Waals surface area contributed by atoms with Gasteiger partial charge in [0.15, 0.2) is 0 Å². The number of hydrogen-bond acceptors (Lipinski definition) is 2. The molecule has 0 aliphatic carbocycles. The van der Waals surface area contributed by atoms with Crippen molar-refractivity contribution in [2.75, 3.05) is 0 Å². The Morgan fingerprint density at radius 3 is 2.39 bits per heavy atom. The molecule has 0 aromatic heterocycles. The molecule has 2 rings (SSSR count). The quantitative estimate of drug-likeness (QED) is 0.913. The maximum Gasteiger partial charge on any atom is 0.120 e. The molecule has 0 saturated carbocycles. The lowest BCUT2D eigenvalue weighted by molar-refractivity contribution is 0.305. The van der Waals surface area contributed by atoms with Crippen molar-refractivity contribution in [2.24, 2.45) is 0 Å². The minimum Gasteiger partial charge on any atom is -0.508 e. The molecule has 0 heterocycles. The molecule has 2 nitrogen and oxygen atoms in total. The SMILES string of the molecule is Cc1cc(OCc2cccc(O)c2)cc(C)c1Br. The summed E-state index contributed by atoms with van der Waals surface area (Å²) in [5.41, 5.74) is 3.26. The van der Waals surface area contributed by atoms with E-state index in [1.807, 2.05) is 38.1 Å². The highest BCUT2D eigenvalue weighted by Crippen LogP contribution is 2.27. The Labute approximate surface area is 115 Å². The van der Waals surface area contributed by atoms with Crippen LogP contribution in [0.3, 0.4) is 0 Å². The molecule has 1 N–H and O–H groups in total. The first-order chi connectivity index (χ1) is 8.56. The Kier molecular flexibility index (Phi) is 3.92. The van der Waals surface area contributed by atoms with Gasteiger partial charge in [-0.3, -0.25) is 0 Å². The second-order valence-corrected chi connectivity index (χ2v) is 5.12. The summed E-state index contributed by atoms with van der Waals surface area (Å²) in [5, 5.41) is 9.37. The lowest BCUT2D eigenvalue weighted by Gasteiger charge is -2.10. The Morgan fingerprint density at radius 1 is 1.11 bits per heavy atom. The molecule has 0 spiro atoms. The predicted octanol–water partition coefficient (Wildman–Crippen LogP) is 4.35. The number of aromatic hydroxyl groups is 1. The van der Waals surface area contributed by atoms with Crippen LogP contribution in [0.4, 0.5) is 0 Å². The van der Waals surface area contributed by atoms with E-state index in [-0.39, 0.29) is 5.75 Å². The lowest BCUT2D eigenvalue weighted by Crippen LogP contribution is -1.96. The van der Waals surface area contributed by atoms with Crippen molar-refractivity contribution in [1.82, 2.24) is 0 Å². The van der Waals surface area contributed by atoms with Crippen molar-refractivity contribution in [3.63, 3.8) is 0 Å². The molecule has 0 unspecified atom stereocenters. The third-order valence-electron chi connectivity index (χ3n) is 2.73. The van der Waals surface area contributed by atoms with E-state index in [0.717, 1.165) is 26.9 Å². The average Bonchev–Trinajstić information content (AvgIpc) is 2.33. The number of halogens is 1. The first-order valence-electron chi connectivity index (χ1n) is 5.74. The van der Waals surface area contributed by atoms with E-state index in [4.69, 9.17) is 4.74 Å². The molecule has 0 aliphatic rings. The van der Waals surface area contributed by atoms with Gasteiger partial charge in [-0.2, -0.15) is 0 Å². The van der Waals surface area contributed by atoms with Gasteiger partial charge in [-0.25, -0.2) is 0 Å². The summed E-state index contributed by atoms with van der Waals surface area (Å²) in [4.78, 5) is 0. The fourth-order valence-electron chi connectivity index (χ4n) is 1.80. The highest BCUT2D eigenvalue weighted by molar-refractivity contribution is 9.10. The molecule has 3 heteroatoms. The Hall–Kier alpha value is -1.48. The third-order valence-corrected chi connectivity index (χ3v) is 3.98. The van der Waals surface area contributed by atoms with E-state index in [9.17, 15) is 5.11 Å². The van der Waals surface area contributed by atoms with Crippen LogP contribution in [0.2, 0.25) is 0 Å². The zero-order valence-electron chi connectivity index (χ0n) is 10.4. The highest BCUT2D eigenvalue weighted by atomic mass is 79.9. The minimum absolute atomic E-state index is 0.263. The number of aryl methyl sites for hydroxylation is 2. The van der Waals surface area contributed by atoms with Gasteiger partial charge < -0.3 is 9.84 Å². The normalized spacial score (nSPS) is 10.4. The van der Waals surface area contributed by atoms with E-state index in [1.54, 1.807) is 12.1 Å². The van der Waals surface area contributed by atoms with Gasteiger partial charge in [-0.15, -0.1) is 0 Å². The van der Waals surface area contributed by atoms with Crippen LogP contribution >= 0.6 is 15.9 Å². The molecule has 18 heavy (non-hydrogen) atoms. The maximum atomic E-state index is 9.37. The Morgan fingerprint density at radius 2 is 1.78 bits per heavy atom. The third kappa shape index (κ3) is 3.05. The highest BCUT2D eigenvalue weighted by Gasteiger charge is 2.03. The van der Waals surface area contributed by atoms with Gasteiger partial charge in [0.1, 0.15) is 18.1 Å². The van der Waals surface area contributed by atoms with E-state index in [2.05, 4.69) is 15.9 Å². The summed E-state index contributed by atoms with van der Waals surface area (Å²) < 4.78 is 6.85. The lowest BCUT2D eigenvalue weighted by atomic mass is 10.1. The Bertz CT molecular complexity index is 541. The summed E-state index contributed by atoms with van der Waals surface area (Å²) >= 11 is 3.53. The first-order valence-corrected chi connectivity index (χ1v) is 6.53. The average molecular weight is 307 g/mol. The van der Waals surface area contributed by atoms with E-state index in [0.29, 0.717) is 6.61 Å². The number of rotatable bonds is 3. The summed E-state index contributed by atoms with van der Waals surface area (Å²) in [6, 6.07) is 11.1. The second kappa shape index (κ2) is 5.44. The standard InChI is InChI=1S/C15H15BrO2/c1-10-6-14(7-11(2)15(10)16)18-9-12-4-3-5-13(17)8-12/h3-8,17H,9H2,1-2H3. The van der Waals surface area contributed by atoms with Crippen LogP contribution < -0.4 is 4.74 Å². The van der Waals surface area contributed by atoms with E-state index < -0.39 is 0 Å². The molecule has 0 fully saturated rings. The maximum absolute atomic E-state index is 9.37. The van der Waals surface area contributed by atoms with Crippen molar-refractivity contribution in [3.05, 3.63) is 57.6 Å². The first kappa shape index (κ1) is 13.0. The van der Waals surface area contributed by atoms with Crippen LogP contribution in [-0.2, 0) is 6.61 Å². The Balaban J connectivity index is 2.11. The fraction of sp³-hybridized carbons (Fsp3) is 0.200.